The molecular formula is C19H16F2N4O. The van der Waals surface area contributed by atoms with Gasteiger partial charge in [-0.3, -0.25) is 14.7 Å². The van der Waals surface area contributed by atoms with Crippen LogP contribution in [-0.2, 0) is 19.5 Å². The third-order valence-corrected chi connectivity index (χ3v) is 4.42. The van der Waals surface area contributed by atoms with Gasteiger partial charge in [0.1, 0.15) is 17.5 Å². The molecule has 0 atom stereocenters. The van der Waals surface area contributed by atoms with E-state index in [4.69, 9.17) is 0 Å². The Balaban J connectivity index is 1.61. The van der Waals surface area contributed by atoms with E-state index in [0.29, 0.717) is 48.7 Å². The van der Waals surface area contributed by atoms with Gasteiger partial charge < -0.3 is 4.98 Å². The van der Waals surface area contributed by atoms with Crippen molar-refractivity contribution in [3.63, 3.8) is 0 Å². The van der Waals surface area contributed by atoms with Crippen LogP contribution in [0.5, 0.6) is 0 Å². The van der Waals surface area contributed by atoms with Gasteiger partial charge in [0.05, 0.1) is 5.69 Å². The van der Waals surface area contributed by atoms with E-state index in [1.807, 2.05) is 11.0 Å². The van der Waals surface area contributed by atoms with Gasteiger partial charge in [0, 0.05) is 49.2 Å². The SMILES string of the molecule is O=c1[nH]c(-c2cccnc2)nc2c1CCN(Cc1cc(F)cc(F)c1)C2. The number of fused-ring (bicyclic) bond motifs is 1. The largest absolute Gasteiger partial charge is 0.306 e. The van der Waals surface area contributed by atoms with E-state index in [2.05, 4.69) is 15.0 Å². The molecule has 1 aromatic carbocycles. The van der Waals surface area contributed by atoms with Crippen molar-refractivity contribution in [1.82, 2.24) is 19.9 Å². The summed E-state index contributed by atoms with van der Waals surface area (Å²) in [5.41, 5.74) is 2.50. The predicted molar refractivity (Wildman–Crippen MR) is 92.3 cm³/mol. The van der Waals surface area contributed by atoms with Gasteiger partial charge in [-0.05, 0) is 36.2 Å². The van der Waals surface area contributed by atoms with E-state index in [1.54, 1.807) is 18.5 Å². The molecule has 0 spiro atoms. The molecule has 0 radical (unpaired) electrons. The fourth-order valence-electron chi connectivity index (χ4n) is 3.23. The zero-order valence-electron chi connectivity index (χ0n) is 13.9. The van der Waals surface area contributed by atoms with Crippen LogP contribution in [0, 0.1) is 11.6 Å². The Bertz CT molecular complexity index is 984. The molecule has 0 saturated heterocycles. The second kappa shape index (κ2) is 6.76. The lowest BCUT2D eigenvalue weighted by atomic mass is 10.0. The molecule has 0 amide bonds. The van der Waals surface area contributed by atoms with E-state index in [0.717, 1.165) is 11.6 Å². The first-order chi connectivity index (χ1) is 12.6. The van der Waals surface area contributed by atoms with E-state index < -0.39 is 11.6 Å². The van der Waals surface area contributed by atoms with Crippen molar-refractivity contribution in [1.29, 1.82) is 0 Å². The maximum atomic E-state index is 13.4. The maximum absolute atomic E-state index is 13.4. The molecule has 3 heterocycles. The summed E-state index contributed by atoms with van der Waals surface area (Å²) in [4.78, 5) is 25.8. The molecule has 7 heteroatoms. The first-order valence-corrected chi connectivity index (χ1v) is 8.28. The Kier molecular flexibility index (Phi) is 4.30. The Morgan fingerprint density at radius 1 is 1.19 bits per heavy atom. The first-order valence-electron chi connectivity index (χ1n) is 8.28. The Hall–Kier alpha value is -2.93. The lowest BCUT2D eigenvalue weighted by Gasteiger charge is -2.27. The van der Waals surface area contributed by atoms with Crippen LogP contribution in [0.15, 0.2) is 47.5 Å². The van der Waals surface area contributed by atoms with E-state index >= 15 is 0 Å². The Labute approximate surface area is 148 Å². The molecule has 5 nitrogen and oxygen atoms in total. The van der Waals surface area contributed by atoms with Crippen LogP contribution in [0.4, 0.5) is 8.78 Å². The van der Waals surface area contributed by atoms with Crippen LogP contribution >= 0.6 is 0 Å². The van der Waals surface area contributed by atoms with Crippen molar-refractivity contribution in [2.75, 3.05) is 6.54 Å². The van der Waals surface area contributed by atoms with Crippen LogP contribution in [0.3, 0.4) is 0 Å². The summed E-state index contributed by atoms with van der Waals surface area (Å²) in [6.45, 7) is 1.47. The van der Waals surface area contributed by atoms with Gasteiger partial charge in [0.2, 0.25) is 0 Å². The molecule has 3 aromatic rings. The zero-order valence-corrected chi connectivity index (χ0v) is 13.9. The molecular weight excluding hydrogens is 338 g/mol. The Morgan fingerprint density at radius 3 is 2.73 bits per heavy atom. The van der Waals surface area contributed by atoms with Crippen LogP contribution in [-0.4, -0.2) is 26.4 Å². The van der Waals surface area contributed by atoms with Crippen molar-refractivity contribution >= 4 is 0 Å². The number of aromatic amines is 1. The molecule has 1 aliphatic rings. The highest BCUT2D eigenvalue weighted by Crippen LogP contribution is 2.20. The number of aromatic nitrogens is 3. The number of hydrogen-bond donors (Lipinski definition) is 1. The lowest BCUT2D eigenvalue weighted by molar-refractivity contribution is 0.240. The summed E-state index contributed by atoms with van der Waals surface area (Å²) in [5.74, 6) is -0.711. The third kappa shape index (κ3) is 3.39. The highest BCUT2D eigenvalue weighted by atomic mass is 19.1. The number of halogens is 2. The van der Waals surface area contributed by atoms with Gasteiger partial charge in [-0.25, -0.2) is 13.8 Å². The van der Waals surface area contributed by atoms with Crippen LogP contribution < -0.4 is 5.56 Å². The molecule has 2 aromatic heterocycles. The summed E-state index contributed by atoms with van der Waals surface area (Å²) in [6, 6.07) is 7.11. The van der Waals surface area contributed by atoms with Crippen molar-refractivity contribution in [2.24, 2.45) is 0 Å². The molecule has 0 bridgehead atoms. The monoisotopic (exact) mass is 354 g/mol. The lowest BCUT2D eigenvalue weighted by Crippen LogP contribution is -2.35. The molecule has 1 N–H and O–H groups in total. The number of nitrogens with one attached hydrogen (secondary N) is 1. The number of benzene rings is 1. The van der Waals surface area contributed by atoms with Crippen LogP contribution in [0.1, 0.15) is 16.8 Å². The van der Waals surface area contributed by atoms with E-state index in [1.165, 1.54) is 12.1 Å². The Morgan fingerprint density at radius 2 is 2.00 bits per heavy atom. The summed E-state index contributed by atoms with van der Waals surface area (Å²) in [6.07, 6.45) is 3.84. The van der Waals surface area contributed by atoms with Crippen molar-refractivity contribution in [3.8, 4) is 11.4 Å². The fourth-order valence-corrected chi connectivity index (χ4v) is 3.23. The topological polar surface area (TPSA) is 61.9 Å². The second-order valence-electron chi connectivity index (χ2n) is 6.32. The minimum Gasteiger partial charge on any atom is -0.306 e. The molecule has 0 fully saturated rings. The summed E-state index contributed by atoms with van der Waals surface area (Å²) in [7, 11) is 0. The van der Waals surface area contributed by atoms with Gasteiger partial charge in [0.25, 0.3) is 5.56 Å². The summed E-state index contributed by atoms with van der Waals surface area (Å²) in [5, 5.41) is 0. The molecule has 1 aliphatic heterocycles. The van der Waals surface area contributed by atoms with E-state index in [-0.39, 0.29) is 5.56 Å². The average molecular weight is 354 g/mol. The number of rotatable bonds is 3. The van der Waals surface area contributed by atoms with Gasteiger partial charge in [-0.1, -0.05) is 0 Å². The third-order valence-electron chi connectivity index (χ3n) is 4.42. The molecule has 4 rings (SSSR count). The first kappa shape index (κ1) is 16.5. The zero-order chi connectivity index (χ0) is 18.1. The summed E-state index contributed by atoms with van der Waals surface area (Å²) >= 11 is 0. The molecule has 132 valence electrons. The van der Waals surface area contributed by atoms with Crippen molar-refractivity contribution < 1.29 is 8.78 Å². The highest BCUT2D eigenvalue weighted by molar-refractivity contribution is 5.53. The number of nitrogens with zero attached hydrogens (tertiary/aromatic N) is 3. The second-order valence-corrected chi connectivity index (χ2v) is 6.32. The van der Waals surface area contributed by atoms with Crippen LogP contribution in [0.25, 0.3) is 11.4 Å². The normalized spacial score (nSPS) is 14.2. The maximum Gasteiger partial charge on any atom is 0.254 e. The van der Waals surface area contributed by atoms with E-state index in [9.17, 15) is 13.6 Å². The van der Waals surface area contributed by atoms with Crippen molar-refractivity contribution in [2.45, 2.75) is 19.5 Å². The minimum absolute atomic E-state index is 0.148. The van der Waals surface area contributed by atoms with Gasteiger partial charge in [0.15, 0.2) is 0 Å². The standard InChI is InChI=1S/C19H16F2N4O/c20-14-6-12(7-15(21)8-14)10-25-5-3-16-17(11-25)23-18(24-19(16)26)13-2-1-4-22-9-13/h1-2,4,6-9H,3,5,10-11H2,(H,23,24,26). The van der Waals surface area contributed by atoms with Crippen molar-refractivity contribution in [3.05, 3.63) is 81.5 Å². The fraction of sp³-hybridized carbons (Fsp3) is 0.211. The van der Waals surface area contributed by atoms with Gasteiger partial charge >= 0.3 is 0 Å². The highest BCUT2D eigenvalue weighted by Gasteiger charge is 2.21. The number of H-pyrrole nitrogens is 1. The molecule has 0 unspecified atom stereocenters. The van der Waals surface area contributed by atoms with Gasteiger partial charge in [-0.2, -0.15) is 0 Å². The average Bonchev–Trinajstić information content (AvgIpc) is 2.61. The molecule has 0 saturated carbocycles. The summed E-state index contributed by atoms with van der Waals surface area (Å²) < 4.78 is 26.8. The van der Waals surface area contributed by atoms with Crippen LogP contribution in [0.2, 0.25) is 0 Å². The molecule has 26 heavy (non-hydrogen) atoms. The smallest absolute Gasteiger partial charge is 0.254 e. The quantitative estimate of drug-likeness (QED) is 0.786. The number of hydrogen-bond acceptors (Lipinski definition) is 4. The predicted octanol–water partition coefficient (Wildman–Crippen LogP) is 2.67. The van der Waals surface area contributed by atoms with Gasteiger partial charge in [-0.15, -0.1) is 0 Å². The molecule has 0 aliphatic carbocycles. The minimum atomic E-state index is -0.592. The number of pyridine rings is 1.